The van der Waals surface area contributed by atoms with Crippen LogP contribution in [0.3, 0.4) is 0 Å². The van der Waals surface area contributed by atoms with Gasteiger partial charge in [0.15, 0.2) is 4.96 Å². The number of rotatable bonds is 1. The minimum atomic E-state index is 0.0216. The van der Waals surface area contributed by atoms with Crippen molar-refractivity contribution in [1.29, 1.82) is 0 Å². The SMILES string of the molecule is Cc1ccc(-c2cc(=O)sc3nc4ccccc4n23)cc1. The third-order valence-electron chi connectivity index (χ3n) is 3.56. The Morgan fingerprint density at radius 3 is 2.62 bits per heavy atom. The van der Waals surface area contributed by atoms with Gasteiger partial charge in [-0.2, -0.15) is 0 Å². The van der Waals surface area contributed by atoms with Gasteiger partial charge in [0, 0.05) is 6.07 Å². The van der Waals surface area contributed by atoms with E-state index in [2.05, 4.69) is 28.4 Å². The Morgan fingerprint density at radius 1 is 1.05 bits per heavy atom. The van der Waals surface area contributed by atoms with E-state index in [0.29, 0.717) is 0 Å². The van der Waals surface area contributed by atoms with Gasteiger partial charge >= 0.3 is 0 Å². The number of hydrogen-bond acceptors (Lipinski definition) is 3. The molecule has 2 aromatic carbocycles. The van der Waals surface area contributed by atoms with Gasteiger partial charge in [0.05, 0.1) is 16.7 Å². The third-order valence-corrected chi connectivity index (χ3v) is 4.34. The monoisotopic (exact) mass is 292 g/mol. The largest absolute Gasteiger partial charge is 0.283 e. The minimum absolute atomic E-state index is 0.0216. The standard InChI is InChI=1S/C17H12N2OS/c1-11-6-8-12(9-7-11)15-10-16(20)21-17-18-13-4-2-3-5-14(13)19(15)17/h2-10H,1H3. The zero-order chi connectivity index (χ0) is 14.4. The van der Waals surface area contributed by atoms with Gasteiger partial charge in [0.2, 0.25) is 4.74 Å². The van der Waals surface area contributed by atoms with Gasteiger partial charge in [-0.25, -0.2) is 4.98 Å². The van der Waals surface area contributed by atoms with E-state index in [1.54, 1.807) is 6.07 Å². The molecule has 2 aromatic heterocycles. The molecule has 2 heterocycles. The van der Waals surface area contributed by atoms with Crippen LogP contribution in [0.2, 0.25) is 0 Å². The van der Waals surface area contributed by atoms with E-state index >= 15 is 0 Å². The first-order valence-corrected chi connectivity index (χ1v) is 7.52. The molecule has 4 aromatic rings. The molecule has 0 saturated heterocycles. The highest BCUT2D eigenvalue weighted by molar-refractivity contribution is 7.14. The van der Waals surface area contributed by atoms with Crippen LogP contribution in [0.25, 0.3) is 27.3 Å². The molecule has 0 saturated carbocycles. The lowest BCUT2D eigenvalue weighted by Crippen LogP contribution is -2.00. The Labute approximate surface area is 125 Å². The first-order chi connectivity index (χ1) is 10.2. The second-order valence-corrected chi connectivity index (χ2v) is 6.01. The number of fused-ring (bicyclic) bond motifs is 3. The molecule has 3 nitrogen and oxygen atoms in total. The van der Waals surface area contributed by atoms with Gasteiger partial charge in [-0.1, -0.05) is 53.3 Å². The van der Waals surface area contributed by atoms with Crippen LogP contribution in [0.5, 0.6) is 0 Å². The van der Waals surface area contributed by atoms with E-state index in [0.717, 1.165) is 27.3 Å². The fourth-order valence-corrected chi connectivity index (χ4v) is 3.32. The molecule has 4 heteroatoms. The van der Waals surface area contributed by atoms with Crippen molar-refractivity contribution in [3.8, 4) is 11.3 Å². The molecule has 0 atom stereocenters. The zero-order valence-electron chi connectivity index (χ0n) is 11.4. The fourth-order valence-electron chi connectivity index (χ4n) is 2.54. The average Bonchev–Trinajstić information content (AvgIpc) is 2.85. The van der Waals surface area contributed by atoms with Crippen molar-refractivity contribution in [2.45, 2.75) is 6.92 Å². The maximum absolute atomic E-state index is 12.0. The number of nitrogens with zero attached hydrogens (tertiary/aromatic N) is 2. The lowest BCUT2D eigenvalue weighted by atomic mass is 10.1. The summed E-state index contributed by atoms with van der Waals surface area (Å²) in [6, 6.07) is 17.8. The Hall–Kier alpha value is -2.46. The smallest absolute Gasteiger partial charge is 0.237 e. The van der Waals surface area contributed by atoms with Crippen LogP contribution in [-0.2, 0) is 0 Å². The van der Waals surface area contributed by atoms with E-state index in [9.17, 15) is 4.79 Å². The van der Waals surface area contributed by atoms with Crippen LogP contribution in [0.4, 0.5) is 0 Å². The summed E-state index contributed by atoms with van der Waals surface area (Å²) in [5.74, 6) is 0. The summed E-state index contributed by atoms with van der Waals surface area (Å²) in [7, 11) is 0. The number of aromatic nitrogens is 2. The highest BCUT2D eigenvalue weighted by Gasteiger charge is 2.11. The molecule has 0 radical (unpaired) electrons. The molecule has 0 spiro atoms. The first-order valence-electron chi connectivity index (χ1n) is 6.71. The van der Waals surface area contributed by atoms with Gasteiger partial charge in [0.25, 0.3) is 0 Å². The number of imidazole rings is 1. The summed E-state index contributed by atoms with van der Waals surface area (Å²) in [5.41, 5.74) is 5.06. The minimum Gasteiger partial charge on any atom is -0.283 e. The van der Waals surface area contributed by atoms with Gasteiger partial charge in [-0.05, 0) is 24.6 Å². The van der Waals surface area contributed by atoms with Crippen LogP contribution < -0.4 is 4.74 Å². The van der Waals surface area contributed by atoms with Gasteiger partial charge in [-0.15, -0.1) is 0 Å². The highest BCUT2D eigenvalue weighted by atomic mass is 32.1. The third kappa shape index (κ3) is 1.96. The maximum atomic E-state index is 12.0. The lowest BCUT2D eigenvalue weighted by molar-refractivity contribution is 1.25. The van der Waals surface area contributed by atoms with Crippen molar-refractivity contribution >= 4 is 27.3 Å². The summed E-state index contributed by atoms with van der Waals surface area (Å²) in [5, 5.41) is 0. The molecule has 0 amide bonds. The topological polar surface area (TPSA) is 34.4 Å². The molecule has 0 aliphatic carbocycles. The van der Waals surface area contributed by atoms with E-state index in [-0.39, 0.29) is 4.74 Å². The Kier molecular flexibility index (Phi) is 2.65. The quantitative estimate of drug-likeness (QED) is 0.533. The van der Waals surface area contributed by atoms with Crippen molar-refractivity contribution in [1.82, 2.24) is 9.38 Å². The average molecular weight is 292 g/mol. The first kappa shape index (κ1) is 12.3. The maximum Gasteiger partial charge on any atom is 0.237 e. The van der Waals surface area contributed by atoms with Crippen LogP contribution in [0, 0.1) is 6.92 Å². The summed E-state index contributed by atoms with van der Waals surface area (Å²) in [4.78, 5) is 17.3. The van der Waals surface area contributed by atoms with Crippen molar-refractivity contribution in [3.05, 3.63) is 69.7 Å². The van der Waals surface area contributed by atoms with Gasteiger partial charge in [-0.3, -0.25) is 9.20 Å². The molecule has 0 N–H and O–H groups in total. The number of para-hydroxylation sites is 2. The fraction of sp³-hybridized carbons (Fsp3) is 0.0588. The van der Waals surface area contributed by atoms with E-state index in [4.69, 9.17) is 0 Å². The second kappa shape index (κ2) is 4.53. The van der Waals surface area contributed by atoms with E-state index in [1.165, 1.54) is 16.9 Å². The molecular weight excluding hydrogens is 280 g/mol. The summed E-state index contributed by atoms with van der Waals surface area (Å²) >= 11 is 1.18. The van der Waals surface area contributed by atoms with Crippen molar-refractivity contribution in [2.75, 3.05) is 0 Å². The Morgan fingerprint density at radius 2 is 1.81 bits per heavy atom. The molecule has 0 aliphatic heterocycles. The van der Waals surface area contributed by atoms with E-state index < -0.39 is 0 Å². The van der Waals surface area contributed by atoms with Crippen LogP contribution in [0.1, 0.15) is 5.56 Å². The van der Waals surface area contributed by atoms with E-state index in [1.807, 2.05) is 36.4 Å². The zero-order valence-corrected chi connectivity index (χ0v) is 12.2. The molecule has 102 valence electrons. The second-order valence-electron chi connectivity index (χ2n) is 5.04. The van der Waals surface area contributed by atoms with Gasteiger partial charge < -0.3 is 0 Å². The van der Waals surface area contributed by atoms with Crippen LogP contribution in [0.15, 0.2) is 59.4 Å². The number of benzene rings is 2. The van der Waals surface area contributed by atoms with Crippen molar-refractivity contribution < 1.29 is 0 Å². The predicted octanol–water partition coefficient (Wildman–Crippen LogP) is 3.88. The Bertz CT molecular complexity index is 1010. The molecule has 0 fully saturated rings. The van der Waals surface area contributed by atoms with Gasteiger partial charge in [0.1, 0.15) is 0 Å². The normalized spacial score (nSPS) is 11.3. The lowest BCUT2D eigenvalue weighted by Gasteiger charge is -2.06. The summed E-state index contributed by atoms with van der Waals surface area (Å²) in [6.07, 6.45) is 0. The number of aryl methyl sites for hydroxylation is 1. The molecular formula is C17H12N2OS. The molecule has 0 unspecified atom stereocenters. The number of hydrogen-bond donors (Lipinski definition) is 0. The highest BCUT2D eigenvalue weighted by Crippen LogP contribution is 2.26. The molecule has 21 heavy (non-hydrogen) atoms. The molecule has 0 aliphatic rings. The van der Waals surface area contributed by atoms with Crippen molar-refractivity contribution in [2.24, 2.45) is 0 Å². The van der Waals surface area contributed by atoms with Crippen molar-refractivity contribution in [3.63, 3.8) is 0 Å². The predicted molar refractivity (Wildman–Crippen MR) is 87.0 cm³/mol. The summed E-state index contributed by atoms with van der Waals surface area (Å²) < 4.78 is 2.08. The molecule has 4 rings (SSSR count). The summed E-state index contributed by atoms with van der Waals surface area (Å²) in [6.45, 7) is 2.05. The van der Waals surface area contributed by atoms with Crippen LogP contribution >= 0.6 is 11.3 Å². The Balaban J connectivity index is 2.16. The van der Waals surface area contributed by atoms with Crippen LogP contribution in [-0.4, -0.2) is 9.38 Å². The molecule has 0 bridgehead atoms.